The largest absolute Gasteiger partial charge is 0.378 e. The van der Waals surface area contributed by atoms with Crippen LogP contribution in [-0.2, 0) is 0 Å². The second-order valence-corrected chi connectivity index (χ2v) is 17.5. The van der Waals surface area contributed by atoms with Gasteiger partial charge in [-0.2, -0.15) is 0 Å². The Balaban J connectivity index is 5.67. The number of halogens is 4. The molecule has 0 N–H and O–H groups in total. The van der Waals surface area contributed by atoms with Gasteiger partial charge in [0.1, 0.15) is 0 Å². The van der Waals surface area contributed by atoms with Gasteiger partial charge in [0, 0.05) is 10.1 Å². The summed E-state index contributed by atoms with van der Waals surface area (Å²) in [5.74, 6) is 0. The van der Waals surface area contributed by atoms with Crippen LogP contribution in [0.25, 0.3) is 0 Å². The lowest BCUT2D eigenvalue weighted by molar-refractivity contribution is 0.517. The number of hydrogen-bond donors (Lipinski definition) is 0. The van der Waals surface area contributed by atoms with Crippen LogP contribution in [0.2, 0.25) is 10.1 Å². The van der Waals surface area contributed by atoms with E-state index in [1.165, 1.54) is 0 Å². The molecule has 1 nitrogen and oxygen atoms in total. The highest BCUT2D eigenvalue weighted by Gasteiger charge is 2.57. The molecule has 0 aromatic carbocycles. The van der Waals surface area contributed by atoms with Gasteiger partial charge in [-0.25, -0.2) is 0 Å². The Morgan fingerprint density at radius 3 is 1.27 bits per heavy atom. The first-order chi connectivity index (χ1) is 6.21. The van der Waals surface area contributed by atoms with Gasteiger partial charge < -0.3 is 0 Å². The summed E-state index contributed by atoms with van der Waals surface area (Å²) in [6, 6.07) is 0. The summed E-state index contributed by atoms with van der Waals surface area (Å²) in [4.78, 5) is 0. The van der Waals surface area contributed by atoms with Crippen molar-refractivity contribution in [3.05, 3.63) is 0 Å². The first kappa shape index (κ1) is 16.2. The zero-order valence-corrected chi connectivity index (χ0v) is 14.1. The van der Waals surface area contributed by atoms with Crippen LogP contribution in [0.3, 0.4) is 0 Å². The molecule has 0 aliphatic heterocycles. The van der Waals surface area contributed by atoms with E-state index in [4.69, 9.17) is 33.7 Å². The highest BCUT2D eigenvalue weighted by molar-refractivity contribution is 8.26. The van der Waals surface area contributed by atoms with Gasteiger partial charge in [0.15, 0.2) is 0 Å². The Kier molecular flexibility index (Phi) is 4.87. The minimum absolute atomic E-state index is 0.574. The van der Waals surface area contributed by atoms with Crippen molar-refractivity contribution in [1.82, 2.24) is 0 Å². The van der Waals surface area contributed by atoms with E-state index in [0.29, 0.717) is 0 Å². The Bertz CT molecular complexity index is 267. The molecule has 0 bridgehead atoms. The van der Waals surface area contributed by atoms with Crippen molar-refractivity contribution in [2.24, 2.45) is 4.41 Å². The molecule has 0 aliphatic rings. The van der Waals surface area contributed by atoms with Crippen molar-refractivity contribution >= 4 is 47.4 Å². The Hall–Kier alpha value is 1.25. The molecule has 0 amide bonds. The first-order valence-electron chi connectivity index (χ1n) is 4.62. The average Bonchev–Trinajstić information content (AvgIpc) is 1.77. The number of nitrogens with zero attached hydrogens (tertiary/aromatic N) is 1. The van der Waals surface area contributed by atoms with Crippen LogP contribution in [0.1, 0.15) is 41.5 Å². The number of hydrogen-bond acceptors (Lipinski definition) is 1. The third kappa shape index (κ3) is 4.20. The van der Waals surface area contributed by atoms with Crippen molar-refractivity contribution in [2.75, 3.05) is 0 Å². The van der Waals surface area contributed by atoms with E-state index in [-0.39, 0.29) is 0 Å². The zero-order chi connectivity index (χ0) is 12.7. The molecule has 0 spiro atoms. The van der Waals surface area contributed by atoms with E-state index in [1.807, 2.05) is 41.5 Å². The van der Waals surface area contributed by atoms with Gasteiger partial charge in [-0.3, -0.25) is 8.52 Å². The van der Waals surface area contributed by atoms with Gasteiger partial charge >= 0.3 is 8.57 Å². The monoisotopic (exact) mass is 311 g/mol. The third-order valence-corrected chi connectivity index (χ3v) is 10.3. The summed E-state index contributed by atoms with van der Waals surface area (Å²) in [6.45, 7) is 10.9. The normalized spacial score (nSPS) is 15.3. The van der Waals surface area contributed by atoms with E-state index in [0.717, 1.165) is 0 Å². The lowest BCUT2D eigenvalue weighted by Gasteiger charge is -2.41. The lowest BCUT2D eigenvalue weighted by atomic mass is 10.2. The van der Waals surface area contributed by atoms with Crippen molar-refractivity contribution in [1.29, 1.82) is 0 Å². The van der Waals surface area contributed by atoms with Crippen LogP contribution in [0.15, 0.2) is 4.41 Å². The zero-order valence-electron chi connectivity index (χ0n) is 9.91. The smallest absolute Gasteiger partial charge is 0.282 e. The maximum Gasteiger partial charge on any atom is 0.378 e. The molecule has 15 heavy (non-hydrogen) atoms. The van der Waals surface area contributed by atoms with E-state index < -0.39 is 23.8 Å². The van der Waals surface area contributed by atoms with E-state index in [2.05, 4.69) is 4.41 Å². The molecule has 0 unspecified atom stereocenters. The highest BCUT2D eigenvalue weighted by Crippen LogP contribution is 2.69. The van der Waals surface area contributed by atoms with Crippen molar-refractivity contribution in [3.63, 3.8) is 0 Å². The molecule has 0 atom stereocenters. The molecule has 0 aromatic rings. The maximum absolute atomic E-state index is 15.0. The molecule has 0 saturated carbocycles. The fourth-order valence-electron chi connectivity index (χ4n) is 1.58. The van der Waals surface area contributed by atoms with Crippen LogP contribution >= 0.6 is 38.8 Å². The van der Waals surface area contributed by atoms with Crippen molar-refractivity contribution in [2.45, 2.75) is 51.6 Å². The second-order valence-electron chi connectivity index (χ2n) is 5.64. The Labute approximate surface area is 107 Å². The van der Waals surface area contributed by atoms with E-state index >= 15 is 4.11 Å². The second kappa shape index (κ2) is 4.49. The average molecular weight is 313 g/mol. The Morgan fingerprint density at radius 2 is 1.20 bits per heavy atom. The molecule has 0 rings (SSSR count). The van der Waals surface area contributed by atoms with Crippen LogP contribution in [0.5, 0.6) is 0 Å². The minimum atomic E-state index is -3.51. The fourth-order valence-corrected chi connectivity index (χ4v) is 10.3. The fraction of sp³-hybridized carbons (Fsp3) is 1.00. The molecular formula is C8H18Cl3FNPSi. The number of rotatable bonds is 1. The van der Waals surface area contributed by atoms with Gasteiger partial charge in [0.05, 0.1) is 0 Å². The summed E-state index contributed by atoms with van der Waals surface area (Å²) in [6.07, 6.45) is 0. The standard InChI is InChI=1S/C8H18Cl3FNPSi/c1-7(2,3)15(12,8(4,5)6)13-14(9,10)11/h1-6H3. The molecule has 92 valence electrons. The Morgan fingerprint density at radius 1 is 0.933 bits per heavy atom. The van der Waals surface area contributed by atoms with Gasteiger partial charge in [-0.15, -0.1) is 0 Å². The molecule has 0 aliphatic carbocycles. The van der Waals surface area contributed by atoms with Crippen LogP contribution < -0.4 is 0 Å². The quantitative estimate of drug-likeness (QED) is 0.291. The lowest BCUT2D eigenvalue weighted by Crippen LogP contribution is -2.46. The van der Waals surface area contributed by atoms with E-state index in [9.17, 15) is 0 Å². The minimum Gasteiger partial charge on any atom is -0.282 e. The molecule has 0 saturated heterocycles. The highest BCUT2D eigenvalue weighted by atomic mass is 36.0. The maximum atomic E-state index is 15.0. The van der Waals surface area contributed by atoms with Crippen LogP contribution in [0, 0.1) is 0 Å². The van der Waals surface area contributed by atoms with E-state index in [1.54, 1.807) is 0 Å². The van der Waals surface area contributed by atoms with Gasteiger partial charge in [-0.1, -0.05) is 41.5 Å². The molecule has 0 heterocycles. The molecular weight excluding hydrogens is 295 g/mol. The summed E-state index contributed by atoms with van der Waals surface area (Å²) in [5, 5.41) is -4.15. The van der Waals surface area contributed by atoms with Gasteiger partial charge in [0.25, 0.3) is 0 Å². The SMILES string of the molecule is CC(C)(C)[Si](F)(N=P(Cl)(Cl)Cl)C(C)(C)C. The molecule has 0 fully saturated rings. The molecule has 0 aromatic heterocycles. The third-order valence-electron chi connectivity index (χ3n) is 2.24. The van der Waals surface area contributed by atoms with Crippen molar-refractivity contribution < 1.29 is 4.11 Å². The predicted octanol–water partition coefficient (Wildman–Crippen LogP) is 6.66. The van der Waals surface area contributed by atoms with Crippen LogP contribution in [0.4, 0.5) is 4.11 Å². The predicted molar refractivity (Wildman–Crippen MR) is 73.2 cm³/mol. The summed E-state index contributed by atoms with van der Waals surface area (Å²) >= 11 is 17.1. The van der Waals surface area contributed by atoms with Crippen LogP contribution in [-0.4, -0.2) is 8.57 Å². The molecule has 7 heteroatoms. The van der Waals surface area contributed by atoms with Crippen molar-refractivity contribution in [3.8, 4) is 0 Å². The summed E-state index contributed by atoms with van der Waals surface area (Å²) in [5.41, 5.74) is 0. The topological polar surface area (TPSA) is 12.4 Å². The van der Waals surface area contributed by atoms with Gasteiger partial charge in [0.2, 0.25) is 5.11 Å². The molecule has 0 radical (unpaired) electrons. The summed E-state index contributed by atoms with van der Waals surface area (Å²) in [7, 11) is -3.51. The summed E-state index contributed by atoms with van der Waals surface area (Å²) < 4.78 is 19.0. The van der Waals surface area contributed by atoms with Gasteiger partial charge in [-0.05, 0) is 33.7 Å². The first-order valence-corrected chi connectivity index (χ1v) is 10.9.